The maximum atomic E-state index is 11.4. The number of pyridine rings is 1. The molecule has 0 fully saturated rings. The quantitative estimate of drug-likeness (QED) is 0.660. The minimum Gasteiger partial charge on any atom is -0.475 e. The summed E-state index contributed by atoms with van der Waals surface area (Å²) in [6, 6.07) is 3.78. The highest BCUT2D eigenvalue weighted by atomic mass is 19.4. The third-order valence-corrected chi connectivity index (χ3v) is 2.60. The van der Waals surface area contributed by atoms with Gasteiger partial charge in [-0.3, -0.25) is 0 Å². The molecule has 0 amide bonds. The minimum atomic E-state index is -5.08. The van der Waals surface area contributed by atoms with Gasteiger partial charge in [-0.05, 0) is 12.1 Å². The molecular weight excluding hydrogens is 281 g/mol. The smallest absolute Gasteiger partial charge is 0.475 e. The molecule has 1 aliphatic rings. The van der Waals surface area contributed by atoms with E-state index in [1.165, 1.54) is 0 Å². The fourth-order valence-electron chi connectivity index (χ4n) is 1.78. The Labute approximate surface area is 109 Å². The molecule has 108 valence electrons. The summed E-state index contributed by atoms with van der Waals surface area (Å²) in [6.45, 7) is 0.895. The van der Waals surface area contributed by atoms with Crippen LogP contribution in [0.4, 0.5) is 18.9 Å². The van der Waals surface area contributed by atoms with Crippen molar-refractivity contribution < 1.29 is 23.1 Å². The van der Waals surface area contributed by atoms with Crippen molar-refractivity contribution in [3.8, 4) is 0 Å². The monoisotopic (exact) mass is 290 g/mol. The number of carboxylic acids is 1. The lowest BCUT2D eigenvalue weighted by Gasteiger charge is -1.99. The molecule has 0 atom stereocenters. The second-order valence-electron chi connectivity index (χ2n) is 3.90. The number of nitrogens with one attached hydrogen (secondary N) is 2. The Hall–Kier alpha value is -2.52. The topological polar surface area (TPSA) is 99.5 Å². The number of carboxylic acid groups (broad SMARTS) is 1. The van der Waals surface area contributed by atoms with Crippen molar-refractivity contribution in [3.05, 3.63) is 28.3 Å². The van der Waals surface area contributed by atoms with Crippen LogP contribution < -0.4 is 11.0 Å². The normalized spacial score (nSPS) is 13.3. The van der Waals surface area contributed by atoms with E-state index in [1.807, 2.05) is 12.1 Å². The van der Waals surface area contributed by atoms with Crippen LogP contribution in [0.1, 0.15) is 5.69 Å². The molecule has 0 bridgehead atoms. The van der Waals surface area contributed by atoms with Crippen molar-refractivity contribution in [2.75, 3.05) is 11.9 Å². The second-order valence-corrected chi connectivity index (χ2v) is 3.90. The lowest BCUT2D eigenvalue weighted by atomic mass is 10.3. The van der Waals surface area contributed by atoms with Gasteiger partial charge < -0.3 is 10.4 Å². The summed E-state index contributed by atoms with van der Waals surface area (Å²) >= 11 is 0. The van der Waals surface area contributed by atoms with Crippen LogP contribution in [0, 0.1) is 0 Å². The van der Waals surface area contributed by atoms with E-state index >= 15 is 0 Å². The van der Waals surface area contributed by atoms with Crippen molar-refractivity contribution in [3.63, 3.8) is 0 Å². The summed E-state index contributed by atoms with van der Waals surface area (Å²) in [5.41, 5.74) is 2.59. The molecule has 0 radical (unpaired) electrons. The van der Waals surface area contributed by atoms with E-state index in [4.69, 9.17) is 9.90 Å². The Bertz CT molecular complexity index is 704. The summed E-state index contributed by atoms with van der Waals surface area (Å²) in [4.78, 5) is 20.3. The Balaban J connectivity index is 0.000000182. The third-order valence-electron chi connectivity index (χ3n) is 2.60. The first kappa shape index (κ1) is 13.9. The zero-order chi connectivity index (χ0) is 14.9. The molecule has 3 heterocycles. The van der Waals surface area contributed by atoms with Gasteiger partial charge in [-0.15, -0.1) is 0 Å². The number of alkyl halides is 3. The number of carbonyl (C=O) groups is 1. The van der Waals surface area contributed by atoms with Gasteiger partial charge in [0, 0.05) is 13.0 Å². The SMILES string of the molecule is O=C(O)C(F)(F)F.O=c1[nH]nc2ccc3c(n12)CCN3. The van der Waals surface area contributed by atoms with Gasteiger partial charge >= 0.3 is 17.8 Å². The number of aromatic amines is 1. The van der Waals surface area contributed by atoms with Crippen molar-refractivity contribution in [2.24, 2.45) is 0 Å². The zero-order valence-electron chi connectivity index (χ0n) is 9.86. The van der Waals surface area contributed by atoms with Crippen LogP contribution in [0.5, 0.6) is 0 Å². The van der Waals surface area contributed by atoms with Crippen molar-refractivity contribution in [1.29, 1.82) is 0 Å². The highest BCUT2D eigenvalue weighted by Crippen LogP contribution is 2.21. The van der Waals surface area contributed by atoms with Gasteiger partial charge in [-0.25, -0.2) is 19.1 Å². The molecule has 0 aromatic carbocycles. The lowest BCUT2D eigenvalue weighted by molar-refractivity contribution is -0.192. The second kappa shape index (κ2) is 4.87. The minimum absolute atomic E-state index is 0.157. The zero-order valence-corrected chi connectivity index (χ0v) is 9.86. The molecule has 3 N–H and O–H groups in total. The number of hydrogen-bond acceptors (Lipinski definition) is 4. The number of nitrogens with zero attached hydrogens (tertiary/aromatic N) is 2. The number of fused-ring (bicyclic) bond motifs is 3. The largest absolute Gasteiger partial charge is 0.490 e. The summed E-state index contributed by atoms with van der Waals surface area (Å²) in [6.07, 6.45) is -4.20. The molecule has 3 rings (SSSR count). The van der Waals surface area contributed by atoms with Gasteiger partial charge in [0.1, 0.15) is 0 Å². The fourth-order valence-corrected chi connectivity index (χ4v) is 1.78. The van der Waals surface area contributed by atoms with E-state index in [0.717, 1.165) is 24.3 Å². The number of aromatic nitrogens is 3. The van der Waals surface area contributed by atoms with Gasteiger partial charge in [0.25, 0.3) is 0 Å². The fraction of sp³-hybridized carbons (Fsp3) is 0.300. The van der Waals surface area contributed by atoms with E-state index in [1.54, 1.807) is 4.40 Å². The molecule has 7 nitrogen and oxygen atoms in total. The van der Waals surface area contributed by atoms with Crippen LogP contribution in [0.15, 0.2) is 16.9 Å². The summed E-state index contributed by atoms with van der Waals surface area (Å²) in [5, 5.41) is 16.7. The maximum Gasteiger partial charge on any atom is 0.490 e. The van der Waals surface area contributed by atoms with Crippen molar-refractivity contribution >= 4 is 17.3 Å². The molecule has 0 saturated heterocycles. The van der Waals surface area contributed by atoms with E-state index in [0.29, 0.717) is 5.65 Å². The molecule has 0 saturated carbocycles. The molecule has 0 unspecified atom stereocenters. The number of halogens is 3. The summed E-state index contributed by atoms with van der Waals surface area (Å²) < 4.78 is 33.4. The van der Waals surface area contributed by atoms with Gasteiger partial charge in [-0.1, -0.05) is 0 Å². The first-order valence-electron chi connectivity index (χ1n) is 5.43. The molecule has 2 aromatic rings. The van der Waals surface area contributed by atoms with Crippen LogP contribution in [0.3, 0.4) is 0 Å². The third kappa shape index (κ3) is 2.58. The van der Waals surface area contributed by atoms with Gasteiger partial charge in [0.05, 0.1) is 11.4 Å². The number of aliphatic carboxylic acids is 1. The van der Waals surface area contributed by atoms with Crippen LogP contribution in [0.25, 0.3) is 5.65 Å². The Morgan fingerprint density at radius 3 is 2.65 bits per heavy atom. The first-order valence-corrected chi connectivity index (χ1v) is 5.43. The number of hydrogen-bond donors (Lipinski definition) is 3. The van der Waals surface area contributed by atoms with Crippen LogP contribution in [-0.4, -0.2) is 38.4 Å². The average Bonchev–Trinajstić information content (AvgIpc) is 2.94. The van der Waals surface area contributed by atoms with Gasteiger partial charge in [0.15, 0.2) is 5.65 Å². The van der Waals surface area contributed by atoms with Crippen LogP contribution >= 0.6 is 0 Å². The summed E-state index contributed by atoms with van der Waals surface area (Å²) in [5.74, 6) is -2.76. The predicted molar refractivity (Wildman–Crippen MR) is 61.7 cm³/mol. The first-order chi connectivity index (χ1) is 9.30. The van der Waals surface area contributed by atoms with E-state index < -0.39 is 12.1 Å². The Morgan fingerprint density at radius 1 is 1.40 bits per heavy atom. The van der Waals surface area contributed by atoms with Crippen LogP contribution in [-0.2, 0) is 11.2 Å². The van der Waals surface area contributed by atoms with Gasteiger partial charge in [-0.2, -0.15) is 18.3 Å². The lowest BCUT2D eigenvalue weighted by Crippen LogP contribution is -2.21. The van der Waals surface area contributed by atoms with E-state index in [-0.39, 0.29) is 5.69 Å². The average molecular weight is 290 g/mol. The Kier molecular flexibility index (Phi) is 3.38. The van der Waals surface area contributed by atoms with Crippen molar-refractivity contribution in [2.45, 2.75) is 12.6 Å². The number of rotatable bonds is 0. The molecule has 2 aromatic heterocycles. The maximum absolute atomic E-state index is 11.4. The Morgan fingerprint density at radius 2 is 2.05 bits per heavy atom. The number of anilines is 1. The highest BCUT2D eigenvalue weighted by Gasteiger charge is 2.38. The molecule has 20 heavy (non-hydrogen) atoms. The standard InChI is InChI=1S/C8H8N4O.C2HF3O2/c13-8-11-10-7-2-1-5-6(12(7)8)3-4-9-5;3-2(4,5)1(6)7/h1-2,9H,3-4H2,(H,11,13);(H,6,7). The molecule has 1 aliphatic heterocycles. The van der Waals surface area contributed by atoms with E-state index in [2.05, 4.69) is 15.5 Å². The number of H-pyrrole nitrogens is 1. The molecule has 10 heteroatoms. The van der Waals surface area contributed by atoms with E-state index in [9.17, 15) is 18.0 Å². The summed E-state index contributed by atoms with van der Waals surface area (Å²) in [7, 11) is 0. The molecule has 0 spiro atoms. The van der Waals surface area contributed by atoms with Gasteiger partial charge in [0.2, 0.25) is 0 Å². The highest BCUT2D eigenvalue weighted by molar-refractivity contribution is 5.73. The molecule has 0 aliphatic carbocycles. The van der Waals surface area contributed by atoms with Crippen molar-refractivity contribution in [1.82, 2.24) is 14.6 Å². The predicted octanol–water partition coefficient (Wildman–Crippen LogP) is 0.624. The van der Waals surface area contributed by atoms with Crippen LogP contribution in [0.2, 0.25) is 0 Å². The molecular formula is C10H9F3N4O3.